The van der Waals surface area contributed by atoms with Crippen LogP contribution in [0.2, 0.25) is 0 Å². The molecule has 0 aromatic carbocycles. The lowest BCUT2D eigenvalue weighted by atomic mass is 10.3. The summed E-state index contributed by atoms with van der Waals surface area (Å²) in [6.07, 6.45) is 3.18. The van der Waals surface area contributed by atoms with Crippen molar-refractivity contribution in [2.75, 3.05) is 13.6 Å². The molecule has 0 spiro atoms. The molecule has 1 aromatic heterocycles. The molecule has 0 bridgehead atoms. The summed E-state index contributed by atoms with van der Waals surface area (Å²) in [6, 6.07) is 0. The highest BCUT2D eigenvalue weighted by Crippen LogP contribution is 1.95. The number of carbonyl (C=O) groups is 1. The molecule has 1 heterocycles. The van der Waals surface area contributed by atoms with E-state index in [0.29, 0.717) is 12.2 Å². The molecule has 4 nitrogen and oxygen atoms in total. The van der Waals surface area contributed by atoms with Crippen LogP contribution in [0.4, 0.5) is 0 Å². The summed E-state index contributed by atoms with van der Waals surface area (Å²) >= 11 is 0. The first-order valence-electron chi connectivity index (χ1n) is 3.40. The van der Waals surface area contributed by atoms with Crippen LogP contribution in [0.15, 0.2) is 12.5 Å². The third kappa shape index (κ3) is 1.65. The van der Waals surface area contributed by atoms with Crippen molar-refractivity contribution >= 4 is 5.78 Å². The quantitative estimate of drug-likeness (QED) is 0.613. The van der Waals surface area contributed by atoms with Gasteiger partial charge >= 0.3 is 0 Å². The van der Waals surface area contributed by atoms with E-state index in [4.69, 9.17) is 0 Å². The van der Waals surface area contributed by atoms with Crippen LogP contribution >= 0.6 is 0 Å². The van der Waals surface area contributed by atoms with E-state index in [0.717, 1.165) is 0 Å². The van der Waals surface area contributed by atoms with Gasteiger partial charge in [0.15, 0.2) is 5.78 Å². The van der Waals surface area contributed by atoms with Gasteiger partial charge in [0.05, 0.1) is 19.1 Å². The molecule has 0 aliphatic carbocycles. The number of hydrogen-bond donors (Lipinski definition) is 1. The van der Waals surface area contributed by atoms with Gasteiger partial charge in [-0.05, 0) is 7.05 Å². The van der Waals surface area contributed by atoms with E-state index in [1.807, 2.05) is 0 Å². The standard InChI is InChI=1S/C7H11N3O/c1-8-4-7(11)6-3-9-5-10(6)2/h3,5,8H,4H2,1-2H3. The van der Waals surface area contributed by atoms with E-state index in [1.54, 1.807) is 31.2 Å². The predicted molar refractivity (Wildman–Crippen MR) is 41.5 cm³/mol. The summed E-state index contributed by atoms with van der Waals surface area (Å²) in [4.78, 5) is 15.0. The number of aromatic nitrogens is 2. The Labute approximate surface area is 65.2 Å². The van der Waals surface area contributed by atoms with E-state index in [9.17, 15) is 4.79 Å². The summed E-state index contributed by atoms with van der Waals surface area (Å²) in [7, 11) is 3.55. The zero-order valence-corrected chi connectivity index (χ0v) is 6.66. The molecule has 1 N–H and O–H groups in total. The first kappa shape index (κ1) is 7.94. The fourth-order valence-electron chi connectivity index (χ4n) is 0.877. The van der Waals surface area contributed by atoms with Crippen LogP contribution in [-0.4, -0.2) is 28.9 Å². The van der Waals surface area contributed by atoms with Crippen LogP contribution in [0, 0.1) is 0 Å². The lowest BCUT2D eigenvalue weighted by Crippen LogP contribution is -2.20. The van der Waals surface area contributed by atoms with E-state index in [1.165, 1.54) is 0 Å². The van der Waals surface area contributed by atoms with Gasteiger partial charge in [0.2, 0.25) is 0 Å². The zero-order chi connectivity index (χ0) is 8.27. The summed E-state index contributed by atoms with van der Waals surface area (Å²) < 4.78 is 1.71. The summed E-state index contributed by atoms with van der Waals surface area (Å²) in [6.45, 7) is 0.361. The lowest BCUT2D eigenvalue weighted by molar-refractivity contribution is 0.0986. The minimum Gasteiger partial charge on any atom is -0.331 e. The Morgan fingerprint density at radius 2 is 2.55 bits per heavy atom. The Hall–Kier alpha value is -1.16. The molecule has 0 aliphatic heterocycles. The maximum atomic E-state index is 11.2. The molecule has 1 aromatic rings. The summed E-state index contributed by atoms with van der Waals surface area (Å²) in [5, 5.41) is 2.79. The average molecular weight is 153 g/mol. The molecule has 0 aliphatic rings. The van der Waals surface area contributed by atoms with Crippen molar-refractivity contribution in [1.82, 2.24) is 14.9 Å². The Balaban J connectivity index is 2.76. The highest BCUT2D eigenvalue weighted by Gasteiger charge is 2.07. The van der Waals surface area contributed by atoms with E-state index >= 15 is 0 Å². The van der Waals surface area contributed by atoms with Crippen molar-refractivity contribution in [3.63, 3.8) is 0 Å². The number of ketones is 1. The van der Waals surface area contributed by atoms with Gasteiger partial charge < -0.3 is 9.88 Å². The molecule has 60 valence electrons. The second-order valence-electron chi connectivity index (χ2n) is 2.34. The van der Waals surface area contributed by atoms with Crippen LogP contribution < -0.4 is 5.32 Å². The zero-order valence-electron chi connectivity index (χ0n) is 6.66. The maximum absolute atomic E-state index is 11.2. The number of imidazole rings is 1. The predicted octanol–water partition coefficient (Wildman–Crippen LogP) is -0.178. The van der Waals surface area contributed by atoms with Gasteiger partial charge in [-0.3, -0.25) is 4.79 Å². The van der Waals surface area contributed by atoms with E-state index in [2.05, 4.69) is 10.3 Å². The third-order valence-electron chi connectivity index (χ3n) is 1.44. The van der Waals surface area contributed by atoms with Crippen molar-refractivity contribution in [2.24, 2.45) is 7.05 Å². The van der Waals surface area contributed by atoms with Crippen molar-refractivity contribution < 1.29 is 4.79 Å². The van der Waals surface area contributed by atoms with Crippen molar-refractivity contribution in [2.45, 2.75) is 0 Å². The van der Waals surface area contributed by atoms with Gasteiger partial charge in [-0.1, -0.05) is 0 Å². The van der Waals surface area contributed by atoms with Crippen molar-refractivity contribution in [3.8, 4) is 0 Å². The second-order valence-corrected chi connectivity index (χ2v) is 2.34. The number of hydrogen-bond acceptors (Lipinski definition) is 3. The molecule has 1 rings (SSSR count). The Morgan fingerprint density at radius 1 is 1.82 bits per heavy atom. The fourth-order valence-corrected chi connectivity index (χ4v) is 0.877. The molecule has 0 unspecified atom stereocenters. The number of nitrogens with zero attached hydrogens (tertiary/aromatic N) is 2. The molecule has 0 atom stereocenters. The molecular formula is C7H11N3O. The minimum absolute atomic E-state index is 0.0625. The summed E-state index contributed by atoms with van der Waals surface area (Å²) in [5.41, 5.74) is 0.638. The number of likely N-dealkylation sites (N-methyl/N-ethyl adjacent to an activating group) is 1. The number of nitrogens with one attached hydrogen (secondary N) is 1. The van der Waals surface area contributed by atoms with Crippen LogP contribution in [0.25, 0.3) is 0 Å². The van der Waals surface area contributed by atoms with Crippen LogP contribution in [-0.2, 0) is 7.05 Å². The topological polar surface area (TPSA) is 46.9 Å². The second kappa shape index (κ2) is 3.30. The van der Waals surface area contributed by atoms with Gasteiger partial charge in [-0.25, -0.2) is 4.98 Å². The first-order valence-corrected chi connectivity index (χ1v) is 3.40. The molecular weight excluding hydrogens is 142 g/mol. The van der Waals surface area contributed by atoms with Gasteiger partial charge in [0.1, 0.15) is 5.69 Å². The Morgan fingerprint density at radius 3 is 3.00 bits per heavy atom. The first-order chi connectivity index (χ1) is 5.25. The lowest BCUT2D eigenvalue weighted by Gasteiger charge is -1.98. The Bertz CT molecular complexity index is 254. The fraction of sp³-hybridized carbons (Fsp3) is 0.429. The molecule has 0 saturated carbocycles. The van der Waals surface area contributed by atoms with Crippen LogP contribution in [0.1, 0.15) is 10.5 Å². The van der Waals surface area contributed by atoms with Gasteiger partial charge in [-0.15, -0.1) is 0 Å². The molecule has 0 radical (unpaired) electrons. The normalized spacial score (nSPS) is 10.0. The van der Waals surface area contributed by atoms with E-state index < -0.39 is 0 Å². The minimum atomic E-state index is 0.0625. The number of rotatable bonds is 3. The molecule has 0 saturated heterocycles. The van der Waals surface area contributed by atoms with Crippen LogP contribution in [0.5, 0.6) is 0 Å². The van der Waals surface area contributed by atoms with Crippen LogP contribution in [0.3, 0.4) is 0 Å². The Kier molecular flexibility index (Phi) is 2.38. The third-order valence-corrected chi connectivity index (χ3v) is 1.44. The average Bonchev–Trinajstić information content (AvgIpc) is 2.36. The summed E-state index contributed by atoms with van der Waals surface area (Å²) in [5.74, 6) is 0.0625. The molecule has 0 amide bonds. The number of aryl methyl sites for hydroxylation is 1. The monoisotopic (exact) mass is 153 g/mol. The SMILES string of the molecule is CNCC(=O)c1cncn1C. The van der Waals surface area contributed by atoms with E-state index in [-0.39, 0.29) is 5.78 Å². The molecule has 11 heavy (non-hydrogen) atoms. The number of carbonyl (C=O) groups excluding carboxylic acids is 1. The molecule has 0 fully saturated rings. The van der Waals surface area contributed by atoms with Crippen molar-refractivity contribution in [1.29, 1.82) is 0 Å². The van der Waals surface area contributed by atoms with Gasteiger partial charge in [0.25, 0.3) is 0 Å². The highest BCUT2D eigenvalue weighted by molar-refractivity contribution is 5.95. The van der Waals surface area contributed by atoms with Crippen molar-refractivity contribution in [3.05, 3.63) is 18.2 Å². The number of Topliss-reactive ketones (excluding diaryl/α,β-unsaturated/α-hetero) is 1. The smallest absolute Gasteiger partial charge is 0.194 e. The molecule has 4 heteroatoms. The van der Waals surface area contributed by atoms with Gasteiger partial charge in [0, 0.05) is 7.05 Å². The largest absolute Gasteiger partial charge is 0.331 e. The maximum Gasteiger partial charge on any atom is 0.194 e. The van der Waals surface area contributed by atoms with Gasteiger partial charge in [-0.2, -0.15) is 0 Å². The highest BCUT2D eigenvalue weighted by atomic mass is 16.1.